The fraction of sp³-hybridized carbons (Fsp3) is 0.350. The van der Waals surface area contributed by atoms with Crippen molar-refractivity contribution in [2.24, 2.45) is 0 Å². The Bertz CT molecular complexity index is 833. The monoisotopic (exact) mass is 353 g/mol. The molecule has 1 aliphatic heterocycles. The lowest BCUT2D eigenvalue weighted by Crippen LogP contribution is -2.53. The van der Waals surface area contributed by atoms with Gasteiger partial charge in [-0.15, -0.1) is 0 Å². The second kappa shape index (κ2) is 7.25. The van der Waals surface area contributed by atoms with Crippen molar-refractivity contribution in [1.29, 1.82) is 0 Å². The second-order valence-corrected chi connectivity index (χ2v) is 7.17. The maximum Gasteiger partial charge on any atom is 0.354 e. The fourth-order valence-corrected chi connectivity index (χ4v) is 3.21. The van der Waals surface area contributed by atoms with Crippen LogP contribution in [0.25, 0.3) is 0 Å². The highest BCUT2D eigenvalue weighted by Gasteiger charge is 2.30. The lowest BCUT2D eigenvalue weighted by atomic mass is 9.94. The topological polar surface area (TPSA) is 82.5 Å². The van der Waals surface area contributed by atoms with Crippen LogP contribution in [0.1, 0.15) is 45.8 Å². The van der Waals surface area contributed by atoms with E-state index >= 15 is 0 Å². The quantitative estimate of drug-likeness (QED) is 0.862. The molecule has 0 radical (unpaired) electrons. The number of fused-ring (bicyclic) bond motifs is 1. The minimum atomic E-state index is -1.15. The lowest BCUT2D eigenvalue weighted by molar-refractivity contribution is 0.0690. The number of carbonyl (C=O) groups excluding carboxylic acids is 1. The highest BCUT2D eigenvalue weighted by Crippen LogP contribution is 2.25. The predicted molar refractivity (Wildman–Crippen MR) is 98.2 cm³/mol. The zero-order valence-electron chi connectivity index (χ0n) is 15.0. The molecule has 6 nitrogen and oxygen atoms in total. The Morgan fingerprint density at radius 3 is 2.69 bits per heavy atom. The molecular weight excluding hydrogens is 330 g/mol. The minimum absolute atomic E-state index is 0.135. The number of pyridine rings is 1. The Morgan fingerprint density at radius 2 is 1.96 bits per heavy atom. The zero-order chi connectivity index (χ0) is 18.7. The first kappa shape index (κ1) is 18.1. The summed E-state index contributed by atoms with van der Waals surface area (Å²) < 4.78 is 0. The van der Waals surface area contributed by atoms with Gasteiger partial charge in [0.15, 0.2) is 0 Å². The van der Waals surface area contributed by atoms with Gasteiger partial charge in [-0.05, 0) is 43.5 Å². The van der Waals surface area contributed by atoms with E-state index in [1.807, 2.05) is 0 Å². The number of aromatic nitrogens is 1. The summed E-state index contributed by atoms with van der Waals surface area (Å²) in [5.41, 5.74) is 2.67. The van der Waals surface area contributed by atoms with Crippen molar-refractivity contribution in [3.05, 3.63) is 65.0 Å². The largest absolute Gasteiger partial charge is 0.477 e. The molecule has 0 bridgehead atoms. The standard InChI is InChI=1S/C20H23N3O3/c1-20(2,23-10-8-14-5-3-4-6-16(14)12-23)13-22-18(24)15-7-9-21-17(11-15)19(25)26/h3-7,9,11H,8,10,12-13H2,1-2H3,(H,22,24)(H,25,26). The molecule has 0 saturated heterocycles. The van der Waals surface area contributed by atoms with Crippen molar-refractivity contribution in [3.8, 4) is 0 Å². The summed E-state index contributed by atoms with van der Waals surface area (Å²) in [6.07, 6.45) is 2.34. The van der Waals surface area contributed by atoms with Gasteiger partial charge in [0.2, 0.25) is 0 Å². The summed E-state index contributed by atoms with van der Waals surface area (Å²) in [5.74, 6) is -1.44. The Hall–Kier alpha value is -2.73. The van der Waals surface area contributed by atoms with E-state index in [9.17, 15) is 9.59 Å². The summed E-state index contributed by atoms with van der Waals surface area (Å²) in [5, 5.41) is 11.9. The minimum Gasteiger partial charge on any atom is -0.477 e. The molecule has 1 aromatic heterocycles. The molecule has 2 aromatic rings. The molecule has 26 heavy (non-hydrogen) atoms. The molecule has 0 aliphatic carbocycles. The molecule has 0 unspecified atom stereocenters. The van der Waals surface area contributed by atoms with Crippen LogP contribution in [0.2, 0.25) is 0 Å². The first-order valence-corrected chi connectivity index (χ1v) is 8.66. The van der Waals surface area contributed by atoms with Gasteiger partial charge in [-0.25, -0.2) is 9.78 Å². The van der Waals surface area contributed by atoms with E-state index in [1.165, 1.54) is 29.5 Å². The number of carboxylic acid groups (broad SMARTS) is 1. The van der Waals surface area contributed by atoms with Gasteiger partial charge in [-0.1, -0.05) is 24.3 Å². The number of aromatic carboxylic acids is 1. The number of rotatable bonds is 5. The molecule has 2 heterocycles. The predicted octanol–water partition coefficient (Wildman–Crippen LogP) is 2.35. The van der Waals surface area contributed by atoms with E-state index < -0.39 is 5.97 Å². The number of benzene rings is 1. The first-order chi connectivity index (χ1) is 12.4. The smallest absolute Gasteiger partial charge is 0.354 e. The molecule has 2 N–H and O–H groups in total. The lowest BCUT2D eigenvalue weighted by Gasteiger charge is -2.41. The number of carboxylic acids is 1. The number of amides is 1. The summed E-state index contributed by atoms with van der Waals surface area (Å²) in [6, 6.07) is 11.3. The molecular formula is C20H23N3O3. The molecule has 0 fully saturated rings. The van der Waals surface area contributed by atoms with Gasteiger partial charge < -0.3 is 10.4 Å². The van der Waals surface area contributed by atoms with Crippen molar-refractivity contribution in [2.75, 3.05) is 13.1 Å². The Labute approximate surface area is 152 Å². The van der Waals surface area contributed by atoms with Crippen molar-refractivity contribution in [3.63, 3.8) is 0 Å². The Kier molecular flexibility index (Phi) is 5.04. The number of carbonyl (C=O) groups is 2. The third-order valence-electron chi connectivity index (χ3n) is 4.91. The Balaban J connectivity index is 1.64. The van der Waals surface area contributed by atoms with Gasteiger partial charge >= 0.3 is 5.97 Å². The van der Waals surface area contributed by atoms with E-state index in [0.29, 0.717) is 12.1 Å². The van der Waals surface area contributed by atoms with E-state index in [4.69, 9.17) is 5.11 Å². The maximum absolute atomic E-state index is 12.4. The van der Waals surface area contributed by atoms with E-state index in [1.54, 1.807) is 0 Å². The van der Waals surface area contributed by atoms with E-state index in [0.717, 1.165) is 19.5 Å². The van der Waals surface area contributed by atoms with Crippen LogP contribution in [-0.4, -0.2) is 45.5 Å². The summed E-state index contributed by atoms with van der Waals surface area (Å²) in [7, 11) is 0. The molecule has 1 aromatic carbocycles. The van der Waals surface area contributed by atoms with E-state index in [-0.39, 0.29) is 17.1 Å². The van der Waals surface area contributed by atoms with Crippen molar-refractivity contribution in [1.82, 2.24) is 15.2 Å². The third-order valence-corrected chi connectivity index (χ3v) is 4.91. The number of nitrogens with one attached hydrogen (secondary N) is 1. The maximum atomic E-state index is 12.4. The zero-order valence-corrected chi connectivity index (χ0v) is 15.0. The average Bonchev–Trinajstić information content (AvgIpc) is 2.65. The van der Waals surface area contributed by atoms with Crippen molar-refractivity contribution in [2.45, 2.75) is 32.4 Å². The van der Waals surface area contributed by atoms with Crippen LogP contribution in [0.4, 0.5) is 0 Å². The van der Waals surface area contributed by atoms with Gasteiger partial charge in [-0.2, -0.15) is 0 Å². The first-order valence-electron chi connectivity index (χ1n) is 8.66. The van der Waals surface area contributed by atoms with Crippen LogP contribution in [0.5, 0.6) is 0 Å². The van der Waals surface area contributed by atoms with Gasteiger partial charge in [-0.3, -0.25) is 9.69 Å². The highest BCUT2D eigenvalue weighted by molar-refractivity contribution is 5.96. The number of nitrogens with zero attached hydrogens (tertiary/aromatic N) is 2. The van der Waals surface area contributed by atoms with Crippen LogP contribution < -0.4 is 5.32 Å². The van der Waals surface area contributed by atoms with Crippen LogP contribution >= 0.6 is 0 Å². The van der Waals surface area contributed by atoms with Gasteiger partial charge in [0.25, 0.3) is 5.91 Å². The highest BCUT2D eigenvalue weighted by atomic mass is 16.4. The van der Waals surface area contributed by atoms with Crippen LogP contribution in [0.15, 0.2) is 42.6 Å². The SMILES string of the molecule is CC(C)(CNC(=O)c1ccnc(C(=O)O)c1)N1CCc2ccccc2C1. The molecule has 0 atom stereocenters. The van der Waals surface area contributed by atoms with E-state index in [2.05, 4.69) is 53.3 Å². The van der Waals surface area contributed by atoms with Crippen LogP contribution in [-0.2, 0) is 13.0 Å². The van der Waals surface area contributed by atoms with Crippen molar-refractivity contribution >= 4 is 11.9 Å². The van der Waals surface area contributed by atoms with Crippen LogP contribution in [0, 0.1) is 0 Å². The summed E-state index contributed by atoms with van der Waals surface area (Å²) >= 11 is 0. The normalized spacial score (nSPS) is 14.5. The molecule has 1 amide bonds. The van der Waals surface area contributed by atoms with Gasteiger partial charge in [0.1, 0.15) is 5.69 Å². The van der Waals surface area contributed by atoms with Crippen LogP contribution in [0.3, 0.4) is 0 Å². The Morgan fingerprint density at radius 1 is 1.23 bits per heavy atom. The van der Waals surface area contributed by atoms with Crippen molar-refractivity contribution < 1.29 is 14.7 Å². The molecule has 136 valence electrons. The van der Waals surface area contributed by atoms with Gasteiger partial charge in [0, 0.05) is 36.9 Å². The summed E-state index contributed by atoms with van der Waals surface area (Å²) in [4.78, 5) is 29.5. The summed E-state index contributed by atoms with van der Waals surface area (Å²) in [6.45, 7) is 6.49. The molecule has 3 rings (SSSR count). The van der Waals surface area contributed by atoms with Gasteiger partial charge in [0.05, 0.1) is 0 Å². The third kappa shape index (κ3) is 3.91. The second-order valence-electron chi connectivity index (χ2n) is 7.17. The molecule has 0 saturated carbocycles. The molecule has 6 heteroatoms. The number of hydrogen-bond donors (Lipinski definition) is 2. The number of hydrogen-bond acceptors (Lipinski definition) is 4. The fourth-order valence-electron chi connectivity index (χ4n) is 3.21. The molecule has 1 aliphatic rings. The molecule has 0 spiro atoms. The average molecular weight is 353 g/mol.